The van der Waals surface area contributed by atoms with Gasteiger partial charge in [0.05, 0.1) is 0 Å². The Hall–Kier alpha value is -1.91. The van der Waals surface area contributed by atoms with Crippen molar-refractivity contribution in [2.75, 3.05) is 12.3 Å². The summed E-state index contributed by atoms with van der Waals surface area (Å²) in [6, 6.07) is 15.5. The summed E-state index contributed by atoms with van der Waals surface area (Å²) >= 11 is 7.64. The predicted octanol–water partition coefficient (Wildman–Crippen LogP) is 5.06. The van der Waals surface area contributed by atoms with Crippen molar-refractivity contribution in [1.82, 2.24) is 5.32 Å². The van der Waals surface area contributed by atoms with Crippen molar-refractivity contribution >= 4 is 40.2 Å². The van der Waals surface area contributed by atoms with Gasteiger partial charge in [-0.25, -0.2) is 0 Å². The molecule has 0 unspecified atom stereocenters. The van der Waals surface area contributed by atoms with Crippen LogP contribution < -0.4 is 5.32 Å². The molecule has 0 saturated carbocycles. The lowest BCUT2D eigenvalue weighted by atomic mass is 10.1. The number of carbonyl (C=O) groups excluding carboxylic acids is 1. The standard InChI is InChI=1S/C19H18ClNO2S/c1-13-16-4-2-3-5-17(16)23-18(13)19(22)21-10-11-24-12-14-6-8-15(20)9-7-14/h2-9H,10-12H2,1H3,(H,21,22). The summed E-state index contributed by atoms with van der Waals surface area (Å²) < 4.78 is 5.67. The van der Waals surface area contributed by atoms with E-state index in [0.29, 0.717) is 12.3 Å². The molecule has 1 aromatic heterocycles. The molecule has 0 atom stereocenters. The van der Waals surface area contributed by atoms with E-state index in [4.69, 9.17) is 16.0 Å². The molecule has 0 aliphatic rings. The second kappa shape index (κ2) is 7.77. The summed E-state index contributed by atoms with van der Waals surface area (Å²) in [6.07, 6.45) is 0. The summed E-state index contributed by atoms with van der Waals surface area (Å²) in [5, 5.41) is 4.65. The van der Waals surface area contributed by atoms with Crippen molar-refractivity contribution in [3.8, 4) is 0 Å². The number of halogens is 1. The normalized spacial score (nSPS) is 10.9. The van der Waals surface area contributed by atoms with E-state index in [9.17, 15) is 4.79 Å². The number of benzene rings is 2. The fraction of sp³-hybridized carbons (Fsp3) is 0.211. The number of nitrogens with one attached hydrogen (secondary N) is 1. The van der Waals surface area contributed by atoms with E-state index in [1.165, 1.54) is 5.56 Å². The molecule has 3 nitrogen and oxygen atoms in total. The third-order valence-electron chi connectivity index (χ3n) is 3.76. The zero-order valence-corrected chi connectivity index (χ0v) is 14.9. The first-order valence-electron chi connectivity index (χ1n) is 7.73. The average Bonchev–Trinajstić information content (AvgIpc) is 2.93. The highest BCUT2D eigenvalue weighted by Crippen LogP contribution is 2.24. The van der Waals surface area contributed by atoms with Crippen LogP contribution in [0, 0.1) is 6.92 Å². The lowest BCUT2D eigenvalue weighted by Gasteiger charge is -2.04. The van der Waals surface area contributed by atoms with Crippen LogP contribution in [0.2, 0.25) is 5.02 Å². The molecule has 0 aliphatic heterocycles. The molecule has 124 valence electrons. The molecule has 3 aromatic rings. The Morgan fingerprint density at radius 1 is 1.17 bits per heavy atom. The SMILES string of the molecule is Cc1c(C(=O)NCCSCc2ccc(Cl)cc2)oc2ccccc12. The van der Waals surface area contributed by atoms with Gasteiger partial charge in [0.1, 0.15) is 5.58 Å². The summed E-state index contributed by atoms with van der Waals surface area (Å²) in [5.41, 5.74) is 2.86. The van der Waals surface area contributed by atoms with Crippen LogP contribution in [0.15, 0.2) is 52.9 Å². The number of para-hydroxylation sites is 1. The molecular formula is C19H18ClNO2S. The van der Waals surface area contributed by atoms with Gasteiger partial charge in [0.15, 0.2) is 5.76 Å². The van der Waals surface area contributed by atoms with Gasteiger partial charge in [-0.2, -0.15) is 11.8 Å². The minimum atomic E-state index is -0.157. The van der Waals surface area contributed by atoms with Crippen LogP contribution in [-0.4, -0.2) is 18.2 Å². The minimum absolute atomic E-state index is 0.157. The Morgan fingerprint density at radius 3 is 2.67 bits per heavy atom. The molecular weight excluding hydrogens is 342 g/mol. The molecule has 0 bridgehead atoms. The molecule has 0 radical (unpaired) electrons. The monoisotopic (exact) mass is 359 g/mol. The van der Waals surface area contributed by atoms with E-state index in [2.05, 4.69) is 5.32 Å². The second-order valence-corrected chi connectivity index (χ2v) is 7.03. The number of amides is 1. The predicted molar refractivity (Wildman–Crippen MR) is 101 cm³/mol. The first-order valence-corrected chi connectivity index (χ1v) is 9.27. The lowest BCUT2D eigenvalue weighted by Crippen LogP contribution is -2.25. The molecule has 0 saturated heterocycles. The van der Waals surface area contributed by atoms with Crippen LogP contribution in [0.3, 0.4) is 0 Å². The summed E-state index contributed by atoms with van der Waals surface area (Å²) in [6.45, 7) is 2.52. The molecule has 1 amide bonds. The van der Waals surface area contributed by atoms with Crippen LogP contribution in [0.1, 0.15) is 21.7 Å². The highest BCUT2D eigenvalue weighted by atomic mass is 35.5. The maximum atomic E-state index is 12.3. The largest absolute Gasteiger partial charge is 0.451 e. The van der Waals surface area contributed by atoms with Gasteiger partial charge in [0.25, 0.3) is 5.91 Å². The molecule has 3 rings (SSSR count). The van der Waals surface area contributed by atoms with Crippen LogP contribution in [0.5, 0.6) is 0 Å². The smallest absolute Gasteiger partial charge is 0.287 e. The van der Waals surface area contributed by atoms with Crippen molar-refractivity contribution in [3.63, 3.8) is 0 Å². The number of hydrogen-bond donors (Lipinski definition) is 1. The van der Waals surface area contributed by atoms with Gasteiger partial charge in [-0.15, -0.1) is 0 Å². The maximum absolute atomic E-state index is 12.3. The summed E-state index contributed by atoms with van der Waals surface area (Å²) in [5.74, 6) is 1.99. The van der Waals surface area contributed by atoms with Gasteiger partial charge in [-0.3, -0.25) is 4.79 Å². The molecule has 0 aliphatic carbocycles. The first kappa shape index (κ1) is 16.9. The van der Waals surface area contributed by atoms with Crippen molar-refractivity contribution in [3.05, 3.63) is 70.4 Å². The third-order valence-corrected chi connectivity index (χ3v) is 5.05. The van der Waals surface area contributed by atoms with Gasteiger partial charge in [-0.05, 0) is 30.7 Å². The van der Waals surface area contributed by atoms with E-state index in [1.54, 1.807) is 11.8 Å². The Kier molecular flexibility index (Phi) is 5.48. The van der Waals surface area contributed by atoms with E-state index in [1.807, 2.05) is 55.5 Å². The zero-order chi connectivity index (χ0) is 16.9. The zero-order valence-electron chi connectivity index (χ0n) is 13.3. The van der Waals surface area contributed by atoms with Gasteiger partial charge in [0.2, 0.25) is 0 Å². The minimum Gasteiger partial charge on any atom is -0.451 e. The summed E-state index contributed by atoms with van der Waals surface area (Å²) in [4.78, 5) is 12.3. The van der Waals surface area contributed by atoms with E-state index in [-0.39, 0.29) is 5.91 Å². The van der Waals surface area contributed by atoms with Crippen LogP contribution >= 0.6 is 23.4 Å². The molecule has 2 aromatic carbocycles. The highest BCUT2D eigenvalue weighted by molar-refractivity contribution is 7.98. The van der Waals surface area contributed by atoms with E-state index in [0.717, 1.165) is 33.1 Å². The second-order valence-electron chi connectivity index (χ2n) is 5.49. The Balaban J connectivity index is 1.48. The fourth-order valence-corrected chi connectivity index (χ4v) is 3.42. The number of hydrogen-bond acceptors (Lipinski definition) is 3. The fourth-order valence-electron chi connectivity index (χ4n) is 2.48. The highest BCUT2D eigenvalue weighted by Gasteiger charge is 2.16. The molecule has 0 spiro atoms. The molecule has 24 heavy (non-hydrogen) atoms. The number of rotatable bonds is 6. The Labute approximate surface area is 150 Å². The van der Waals surface area contributed by atoms with Gasteiger partial charge in [0, 0.05) is 34.0 Å². The lowest BCUT2D eigenvalue weighted by molar-refractivity contribution is 0.0930. The molecule has 1 heterocycles. The van der Waals surface area contributed by atoms with Gasteiger partial charge < -0.3 is 9.73 Å². The van der Waals surface area contributed by atoms with Crippen LogP contribution in [-0.2, 0) is 5.75 Å². The van der Waals surface area contributed by atoms with Crippen molar-refractivity contribution in [2.24, 2.45) is 0 Å². The molecule has 5 heteroatoms. The third kappa shape index (κ3) is 3.94. The van der Waals surface area contributed by atoms with Gasteiger partial charge in [-0.1, -0.05) is 41.9 Å². The number of fused-ring (bicyclic) bond motifs is 1. The van der Waals surface area contributed by atoms with Crippen molar-refractivity contribution in [2.45, 2.75) is 12.7 Å². The quantitative estimate of drug-likeness (QED) is 0.625. The number of thioether (sulfide) groups is 1. The number of furan rings is 1. The van der Waals surface area contributed by atoms with Crippen LogP contribution in [0.4, 0.5) is 0 Å². The van der Waals surface area contributed by atoms with Crippen LogP contribution in [0.25, 0.3) is 11.0 Å². The first-order chi connectivity index (χ1) is 11.6. The molecule has 0 fully saturated rings. The van der Waals surface area contributed by atoms with Crippen molar-refractivity contribution in [1.29, 1.82) is 0 Å². The van der Waals surface area contributed by atoms with Crippen molar-refractivity contribution < 1.29 is 9.21 Å². The Morgan fingerprint density at radius 2 is 1.92 bits per heavy atom. The Bertz CT molecular complexity index is 842. The summed E-state index contributed by atoms with van der Waals surface area (Å²) in [7, 11) is 0. The maximum Gasteiger partial charge on any atom is 0.287 e. The topological polar surface area (TPSA) is 42.2 Å². The number of aryl methyl sites for hydroxylation is 1. The van der Waals surface area contributed by atoms with E-state index >= 15 is 0 Å². The van der Waals surface area contributed by atoms with E-state index < -0.39 is 0 Å². The number of carbonyl (C=O) groups is 1. The van der Waals surface area contributed by atoms with Gasteiger partial charge >= 0.3 is 0 Å². The average molecular weight is 360 g/mol. The molecule has 1 N–H and O–H groups in total.